The van der Waals surface area contributed by atoms with Crippen molar-refractivity contribution in [3.05, 3.63) is 11.6 Å². The molecule has 0 amide bonds. The lowest BCUT2D eigenvalue weighted by atomic mass is 9.48. The standard InChI is InChI=1S/C21H36O2/c1-15(14-19(22)23-6)8-10-17-16(2)9-11-18-20(3,4)12-7-13-21(17,18)5/h9,15,17-18H,7-8,10-14H2,1-6H3. The molecule has 2 aliphatic carbocycles. The second kappa shape index (κ2) is 6.99. The molecule has 0 bridgehead atoms. The number of esters is 1. The predicted octanol–water partition coefficient (Wildman–Crippen LogP) is 5.76. The van der Waals surface area contributed by atoms with E-state index in [-0.39, 0.29) is 5.97 Å². The van der Waals surface area contributed by atoms with E-state index in [1.165, 1.54) is 39.2 Å². The Bertz CT molecular complexity index is 462. The number of carbonyl (C=O) groups is 1. The Morgan fingerprint density at radius 1 is 1.35 bits per heavy atom. The van der Waals surface area contributed by atoms with Crippen molar-refractivity contribution in [3.8, 4) is 0 Å². The van der Waals surface area contributed by atoms with Crippen molar-refractivity contribution in [1.82, 2.24) is 0 Å². The van der Waals surface area contributed by atoms with Crippen molar-refractivity contribution in [2.45, 2.75) is 79.6 Å². The van der Waals surface area contributed by atoms with Gasteiger partial charge in [0, 0.05) is 6.42 Å². The number of hydrogen-bond donors (Lipinski definition) is 0. The van der Waals surface area contributed by atoms with Gasteiger partial charge in [-0.2, -0.15) is 0 Å². The van der Waals surface area contributed by atoms with Gasteiger partial charge in [-0.25, -0.2) is 0 Å². The maximum atomic E-state index is 11.5. The average Bonchev–Trinajstić information content (AvgIpc) is 2.45. The van der Waals surface area contributed by atoms with E-state index in [0.29, 0.717) is 29.1 Å². The highest BCUT2D eigenvalue weighted by Gasteiger charge is 2.51. The molecule has 23 heavy (non-hydrogen) atoms. The van der Waals surface area contributed by atoms with Gasteiger partial charge in [0.2, 0.25) is 0 Å². The molecule has 0 aromatic carbocycles. The molecule has 4 unspecified atom stereocenters. The van der Waals surface area contributed by atoms with Gasteiger partial charge >= 0.3 is 5.97 Å². The van der Waals surface area contributed by atoms with E-state index in [9.17, 15) is 4.79 Å². The fourth-order valence-electron chi connectivity index (χ4n) is 5.62. The zero-order valence-electron chi connectivity index (χ0n) is 16.1. The molecule has 2 nitrogen and oxygen atoms in total. The normalized spacial score (nSPS) is 34.3. The molecular weight excluding hydrogens is 284 g/mol. The molecule has 2 aliphatic rings. The highest BCUT2D eigenvalue weighted by atomic mass is 16.5. The minimum atomic E-state index is -0.0729. The third kappa shape index (κ3) is 3.83. The van der Waals surface area contributed by atoms with Gasteiger partial charge in [-0.1, -0.05) is 45.8 Å². The minimum absolute atomic E-state index is 0.0729. The Hall–Kier alpha value is -0.790. The molecule has 1 fully saturated rings. The topological polar surface area (TPSA) is 26.3 Å². The van der Waals surface area contributed by atoms with Crippen LogP contribution in [0, 0.1) is 28.6 Å². The second-order valence-corrected chi connectivity index (χ2v) is 9.10. The van der Waals surface area contributed by atoms with Crippen LogP contribution in [0.1, 0.15) is 79.6 Å². The van der Waals surface area contributed by atoms with Gasteiger partial charge in [-0.15, -0.1) is 0 Å². The number of ether oxygens (including phenoxy) is 1. The number of fused-ring (bicyclic) bond motifs is 1. The minimum Gasteiger partial charge on any atom is -0.469 e. The fourth-order valence-corrected chi connectivity index (χ4v) is 5.62. The summed E-state index contributed by atoms with van der Waals surface area (Å²) in [5.41, 5.74) is 2.48. The van der Waals surface area contributed by atoms with Crippen LogP contribution < -0.4 is 0 Å². The Morgan fingerprint density at radius 2 is 2.04 bits per heavy atom. The van der Waals surface area contributed by atoms with Crippen LogP contribution in [-0.4, -0.2) is 13.1 Å². The van der Waals surface area contributed by atoms with E-state index in [4.69, 9.17) is 4.74 Å². The number of allylic oxidation sites excluding steroid dienone is 2. The van der Waals surface area contributed by atoms with Gasteiger partial charge in [0.1, 0.15) is 0 Å². The van der Waals surface area contributed by atoms with Crippen LogP contribution in [0.15, 0.2) is 11.6 Å². The molecule has 132 valence electrons. The summed E-state index contributed by atoms with van der Waals surface area (Å²) in [5.74, 6) is 1.82. The molecule has 0 N–H and O–H groups in total. The smallest absolute Gasteiger partial charge is 0.305 e. The van der Waals surface area contributed by atoms with Crippen molar-refractivity contribution < 1.29 is 9.53 Å². The van der Waals surface area contributed by atoms with Gasteiger partial charge < -0.3 is 4.74 Å². The Kier molecular flexibility index (Phi) is 5.63. The zero-order valence-corrected chi connectivity index (χ0v) is 16.1. The molecule has 0 aromatic heterocycles. The van der Waals surface area contributed by atoms with Gasteiger partial charge in [-0.05, 0) is 67.6 Å². The lowest BCUT2D eigenvalue weighted by Gasteiger charge is -2.57. The van der Waals surface area contributed by atoms with Crippen molar-refractivity contribution in [2.75, 3.05) is 7.11 Å². The first-order valence-corrected chi connectivity index (χ1v) is 9.44. The zero-order chi connectivity index (χ0) is 17.3. The van der Waals surface area contributed by atoms with E-state index < -0.39 is 0 Å². The van der Waals surface area contributed by atoms with Gasteiger partial charge in [-0.3, -0.25) is 4.79 Å². The van der Waals surface area contributed by atoms with Crippen LogP contribution in [0.4, 0.5) is 0 Å². The lowest BCUT2D eigenvalue weighted by Crippen LogP contribution is -2.48. The predicted molar refractivity (Wildman–Crippen MR) is 96.1 cm³/mol. The third-order valence-corrected chi connectivity index (χ3v) is 6.99. The molecule has 0 aliphatic heterocycles. The maximum Gasteiger partial charge on any atom is 0.305 e. The van der Waals surface area contributed by atoms with Crippen molar-refractivity contribution in [3.63, 3.8) is 0 Å². The first-order valence-electron chi connectivity index (χ1n) is 9.44. The lowest BCUT2D eigenvalue weighted by molar-refractivity contribution is -0.141. The number of rotatable bonds is 5. The third-order valence-electron chi connectivity index (χ3n) is 6.99. The Morgan fingerprint density at radius 3 is 2.70 bits per heavy atom. The summed E-state index contributed by atoms with van der Waals surface area (Å²) in [6.07, 6.45) is 10.7. The molecule has 0 saturated heterocycles. The first-order chi connectivity index (χ1) is 10.7. The van der Waals surface area contributed by atoms with Crippen LogP contribution >= 0.6 is 0 Å². The monoisotopic (exact) mass is 320 g/mol. The molecule has 1 saturated carbocycles. The summed E-state index contributed by atoms with van der Waals surface area (Å²) in [5, 5.41) is 0. The Labute approximate surface area is 143 Å². The first kappa shape index (κ1) is 18.5. The van der Waals surface area contributed by atoms with E-state index in [2.05, 4.69) is 40.7 Å². The second-order valence-electron chi connectivity index (χ2n) is 9.10. The number of carbonyl (C=O) groups excluding carboxylic acids is 1. The number of hydrogen-bond acceptors (Lipinski definition) is 2. The van der Waals surface area contributed by atoms with E-state index in [1.807, 2.05) is 0 Å². The average molecular weight is 321 g/mol. The quantitative estimate of drug-likeness (QED) is 0.475. The van der Waals surface area contributed by atoms with E-state index in [0.717, 1.165) is 12.3 Å². The SMILES string of the molecule is COC(=O)CC(C)CCC1C(C)=CCC2C(C)(C)CCCC12C. The summed E-state index contributed by atoms with van der Waals surface area (Å²) >= 11 is 0. The van der Waals surface area contributed by atoms with Crippen LogP contribution in [0.3, 0.4) is 0 Å². The van der Waals surface area contributed by atoms with Crippen LogP contribution in [0.5, 0.6) is 0 Å². The largest absolute Gasteiger partial charge is 0.469 e. The molecule has 0 radical (unpaired) electrons. The van der Waals surface area contributed by atoms with E-state index >= 15 is 0 Å². The Balaban J connectivity index is 2.08. The summed E-state index contributed by atoms with van der Waals surface area (Å²) < 4.78 is 4.82. The molecule has 4 atom stereocenters. The molecule has 0 aromatic rings. The summed E-state index contributed by atoms with van der Waals surface area (Å²) in [6.45, 7) is 12.0. The van der Waals surface area contributed by atoms with Crippen LogP contribution in [0.2, 0.25) is 0 Å². The van der Waals surface area contributed by atoms with Crippen LogP contribution in [-0.2, 0) is 9.53 Å². The highest BCUT2D eigenvalue weighted by molar-refractivity contribution is 5.69. The molecule has 2 rings (SSSR count). The van der Waals surface area contributed by atoms with Crippen LogP contribution in [0.25, 0.3) is 0 Å². The summed E-state index contributed by atoms with van der Waals surface area (Å²) in [6, 6.07) is 0. The number of methoxy groups -OCH3 is 1. The van der Waals surface area contributed by atoms with Gasteiger partial charge in [0.25, 0.3) is 0 Å². The molecule has 0 heterocycles. The van der Waals surface area contributed by atoms with Crippen molar-refractivity contribution >= 4 is 5.97 Å². The van der Waals surface area contributed by atoms with E-state index in [1.54, 1.807) is 5.57 Å². The summed E-state index contributed by atoms with van der Waals surface area (Å²) in [4.78, 5) is 11.5. The summed E-state index contributed by atoms with van der Waals surface area (Å²) in [7, 11) is 1.48. The maximum absolute atomic E-state index is 11.5. The van der Waals surface area contributed by atoms with Crippen molar-refractivity contribution in [2.24, 2.45) is 28.6 Å². The molecule has 2 heteroatoms. The molecule has 0 spiro atoms. The van der Waals surface area contributed by atoms with Gasteiger partial charge in [0.15, 0.2) is 0 Å². The van der Waals surface area contributed by atoms with Gasteiger partial charge in [0.05, 0.1) is 7.11 Å². The fraction of sp³-hybridized carbons (Fsp3) is 0.857. The molecular formula is C21H36O2. The highest BCUT2D eigenvalue weighted by Crippen LogP contribution is 2.60. The van der Waals surface area contributed by atoms with Crippen molar-refractivity contribution in [1.29, 1.82) is 0 Å².